The smallest absolute Gasteiger partial charge is 0.306 e. The topological polar surface area (TPSA) is 82.6 Å². The number of carbonyl (C=O) groups excluding carboxylic acids is 2. The van der Waals surface area contributed by atoms with Crippen LogP contribution in [0.2, 0.25) is 0 Å². The molecule has 0 radical (unpaired) electrons. The lowest BCUT2D eigenvalue weighted by molar-refractivity contribution is -0.137. The molecule has 5 rings (SSSR count). The summed E-state index contributed by atoms with van der Waals surface area (Å²) < 4.78 is 53.6. The quantitative estimate of drug-likeness (QED) is 0.191. The van der Waals surface area contributed by atoms with Crippen LogP contribution >= 0.6 is 0 Å². The maximum Gasteiger partial charge on any atom is 0.416 e. The van der Waals surface area contributed by atoms with Gasteiger partial charge in [0.2, 0.25) is 0 Å². The van der Waals surface area contributed by atoms with Crippen molar-refractivity contribution in [2.24, 2.45) is 0 Å². The third kappa shape index (κ3) is 18.9. The van der Waals surface area contributed by atoms with Gasteiger partial charge in [-0.1, -0.05) is 75.7 Å². The predicted molar refractivity (Wildman–Crippen MR) is 191 cm³/mol. The van der Waals surface area contributed by atoms with Gasteiger partial charge in [0, 0.05) is 37.6 Å². The molecule has 268 valence electrons. The Balaban J connectivity index is 0.000000731. The van der Waals surface area contributed by atoms with Crippen LogP contribution < -0.4 is 5.32 Å². The number of piperidine rings is 1. The zero-order valence-electron chi connectivity index (χ0n) is 29.6. The number of rotatable bonds is 8. The number of pyridine rings is 1. The Kier molecular flexibility index (Phi) is 24.9. The summed E-state index contributed by atoms with van der Waals surface area (Å²) in [6.07, 6.45) is 4.62. The molecule has 2 fully saturated rings. The highest BCUT2D eigenvalue weighted by Gasteiger charge is 2.40. The van der Waals surface area contributed by atoms with Crippen LogP contribution in [0.25, 0.3) is 0 Å². The fourth-order valence-corrected chi connectivity index (χ4v) is 6.05. The molecule has 2 heterocycles. The third-order valence-electron chi connectivity index (χ3n) is 6.64. The van der Waals surface area contributed by atoms with E-state index in [9.17, 15) is 22.2 Å². The molecule has 0 spiro atoms. The van der Waals surface area contributed by atoms with Gasteiger partial charge in [0.05, 0.1) is 17.0 Å². The average molecular weight is 693 g/mol. The maximum atomic E-state index is 13.0. The summed E-state index contributed by atoms with van der Waals surface area (Å²) in [6.45, 7) is 14.5. The van der Waals surface area contributed by atoms with E-state index in [0.29, 0.717) is 13.1 Å². The first-order valence-electron chi connectivity index (χ1n) is 16.6. The lowest BCUT2D eigenvalue weighted by Crippen LogP contribution is -2.48. The molecule has 48 heavy (non-hydrogen) atoms. The van der Waals surface area contributed by atoms with Gasteiger partial charge in [0.1, 0.15) is 23.6 Å². The normalized spacial score (nSPS) is 15.9. The number of nitrogens with one attached hydrogen (secondary N) is 1. The van der Waals surface area contributed by atoms with Crippen LogP contribution in [-0.4, -0.2) is 69.7 Å². The van der Waals surface area contributed by atoms with Crippen molar-refractivity contribution in [2.45, 2.75) is 96.9 Å². The van der Waals surface area contributed by atoms with E-state index in [1.165, 1.54) is 24.6 Å². The fraction of sp³-hybridized carbons (Fsp3) is 0.486. The second-order valence-corrected chi connectivity index (χ2v) is 11.9. The molecule has 1 aromatic heterocycles. The minimum absolute atomic E-state index is 0.150. The zero-order valence-corrected chi connectivity index (χ0v) is 30.4. The second kappa shape index (κ2) is 26.7. The number of aryl methyl sites for hydroxylation is 1. The largest absolute Gasteiger partial charge is 0.416 e. The lowest BCUT2D eigenvalue weighted by Gasteiger charge is -2.37. The van der Waals surface area contributed by atoms with E-state index in [-0.39, 0.29) is 17.0 Å². The van der Waals surface area contributed by atoms with Crippen molar-refractivity contribution in [1.29, 1.82) is 0 Å². The molecule has 1 saturated heterocycles. The van der Waals surface area contributed by atoms with Crippen molar-refractivity contribution in [2.75, 3.05) is 26.7 Å². The summed E-state index contributed by atoms with van der Waals surface area (Å²) in [6, 6.07) is 19.4. The number of aromatic nitrogens is 1. The van der Waals surface area contributed by atoms with Crippen LogP contribution in [0.15, 0.2) is 84.0 Å². The summed E-state index contributed by atoms with van der Waals surface area (Å²) in [4.78, 5) is 25.1. The summed E-state index contributed by atoms with van der Waals surface area (Å²) in [5.74, 6) is 0. The number of halogens is 3. The first-order chi connectivity index (χ1) is 23.1. The number of aldehydes is 2. The number of carbonyl (C=O) groups is 2. The van der Waals surface area contributed by atoms with E-state index < -0.39 is 22.7 Å². The average Bonchev–Trinajstić information content (AvgIpc) is 3.94. The van der Waals surface area contributed by atoms with E-state index in [1.807, 2.05) is 69.4 Å². The molecular formula is C37H55F3N4O3S. The Labute approximate surface area is 288 Å². The first-order valence-corrected chi connectivity index (χ1v) is 17.7. The first kappa shape index (κ1) is 44.8. The van der Waals surface area contributed by atoms with Gasteiger partial charge in [-0.05, 0) is 83.0 Å². The molecule has 0 amide bonds. The number of hydrogen-bond donors (Lipinski definition) is 1. The molecule has 2 aromatic carbocycles. The highest BCUT2D eigenvalue weighted by Crippen LogP contribution is 2.36. The van der Waals surface area contributed by atoms with Gasteiger partial charge in [-0.2, -0.15) is 13.2 Å². The molecule has 1 saturated carbocycles. The molecule has 1 N–H and O–H groups in total. The third-order valence-corrected chi connectivity index (χ3v) is 8.28. The molecule has 2 aliphatic rings. The predicted octanol–water partition coefficient (Wildman–Crippen LogP) is 7.91. The van der Waals surface area contributed by atoms with E-state index in [4.69, 9.17) is 4.79 Å². The summed E-state index contributed by atoms with van der Waals surface area (Å²) in [7, 11) is 0.492. The van der Waals surface area contributed by atoms with E-state index in [1.54, 1.807) is 12.4 Å². The Hall–Kier alpha value is -3.25. The molecular weight excluding hydrogens is 637 g/mol. The zero-order chi connectivity index (χ0) is 36.4. The van der Waals surface area contributed by atoms with Crippen molar-refractivity contribution in [3.63, 3.8) is 0 Å². The van der Waals surface area contributed by atoms with Crippen LogP contribution in [-0.2, 0) is 33.3 Å². The van der Waals surface area contributed by atoms with Gasteiger partial charge in [0.15, 0.2) is 0 Å². The molecule has 1 aliphatic heterocycles. The SMILES string of the molecule is CC.CC.CC=O.CN1CCCC(N(C2CC2)S(=O)c2cccc(C(F)(F)F)c2)C1.Cc1ccccc1.O=CCNCc1cccnc1. The van der Waals surface area contributed by atoms with Gasteiger partial charge in [-0.25, -0.2) is 8.51 Å². The molecule has 2 atom stereocenters. The molecule has 1 aliphatic carbocycles. The van der Waals surface area contributed by atoms with Crippen molar-refractivity contribution in [3.8, 4) is 0 Å². The number of alkyl halides is 3. The number of hydrogen-bond acceptors (Lipinski definition) is 6. The number of likely N-dealkylation sites (tertiary alicyclic amines) is 1. The molecule has 11 heteroatoms. The van der Waals surface area contributed by atoms with Crippen molar-refractivity contribution < 1.29 is 27.0 Å². The number of likely N-dealkylation sites (N-methyl/N-ethyl adjacent to an activating group) is 1. The minimum atomic E-state index is -4.41. The highest BCUT2D eigenvalue weighted by molar-refractivity contribution is 7.82. The number of nitrogens with zero attached hydrogens (tertiary/aromatic N) is 3. The van der Waals surface area contributed by atoms with Gasteiger partial charge in [0.25, 0.3) is 0 Å². The van der Waals surface area contributed by atoms with Crippen LogP contribution in [0.1, 0.15) is 77.0 Å². The molecule has 3 aromatic rings. The summed E-state index contributed by atoms with van der Waals surface area (Å²) in [5.41, 5.74) is 1.68. The van der Waals surface area contributed by atoms with Crippen molar-refractivity contribution >= 4 is 23.6 Å². The van der Waals surface area contributed by atoms with Gasteiger partial charge in [-0.3, -0.25) is 4.98 Å². The Morgan fingerprint density at radius 1 is 0.958 bits per heavy atom. The van der Waals surface area contributed by atoms with E-state index in [0.717, 1.165) is 69.0 Å². The maximum absolute atomic E-state index is 13.0. The Bertz CT molecular complexity index is 1260. The standard InChI is InChI=1S/C16H21F3N2OS.C8H10N2O.C7H8.C2H4O.2C2H6/c1-20-9-3-5-14(11-20)21(13-7-8-13)23(22)15-6-2-4-12(10-15)16(17,18)19;11-5-4-10-7-8-2-1-3-9-6-8;1-7-5-3-2-4-6-7;1-2-3;2*1-2/h2,4,6,10,13-14H,3,5,7-9,11H2,1H3;1-3,5-6,10H,4,7H2;2-6H,1H3;2H,1H3;2*1-2H3. The summed E-state index contributed by atoms with van der Waals surface area (Å²) >= 11 is 0. The monoisotopic (exact) mass is 692 g/mol. The van der Waals surface area contributed by atoms with Gasteiger partial charge in [-0.15, -0.1) is 0 Å². The number of benzene rings is 2. The molecule has 0 bridgehead atoms. The lowest BCUT2D eigenvalue weighted by atomic mass is 10.1. The fourth-order valence-electron chi connectivity index (χ4n) is 4.46. The van der Waals surface area contributed by atoms with Gasteiger partial charge >= 0.3 is 6.18 Å². The van der Waals surface area contributed by atoms with Crippen LogP contribution in [0, 0.1) is 6.92 Å². The van der Waals surface area contributed by atoms with E-state index >= 15 is 0 Å². The van der Waals surface area contributed by atoms with Crippen LogP contribution in [0.3, 0.4) is 0 Å². The Morgan fingerprint density at radius 2 is 1.60 bits per heavy atom. The van der Waals surface area contributed by atoms with Crippen molar-refractivity contribution in [1.82, 2.24) is 19.5 Å². The van der Waals surface area contributed by atoms with Crippen molar-refractivity contribution in [3.05, 3.63) is 95.8 Å². The Morgan fingerprint density at radius 3 is 2.08 bits per heavy atom. The highest BCUT2D eigenvalue weighted by atomic mass is 32.2. The van der Waals surface area contributed by atoms with Gasteiger partial charge < -0.3 is 19.8 Å². The summed E-state index contributed by atoms with van der Waals surface area (Å²) in [5, 5.41) is 2.94. The van der Waals surface area contributed by atoms with Crippen LogP contribution in [0.4, 0.5) is 13.2 Å². The minimum Gasteiger partial charge on any atom is -0.306 e. The molecule has 2 unspecified atom stereocenters. The van der Waals surface area contributed by atoms with Crippen LogP contribution in [0.5, 0.6) is 0 Å². The molecule has 7 nitrogen and oxygen atoms in total. The second-order valence-electron chi connectivity index (χ2n) is 10.5. The van der Waals surface area contributed by atoms with E-state index in [2.05, 4.69) is 34.3 Å².